The van der Waals surface area contributed by atoms with E-state index in [0.717, 1.165) is 27.7 Å². The van der Waals surface area contributed by atoms with Crippen LogP contribution in [0.1, 0.15) is 54.4 Å². The molecule has 1 saturated heterocycles. The van der Waals surface area contributed by atoms with E-state index in [1.165, 1.54) is 13.2 Å². The molecule has 2 fully saturated rings. The molecule has 0 N–H and O–H groups in total. The Balaban J connectivity index is 2.02. The Hall–Kier alpha value is -3.52. The Kier molecular flexibility index (Phi) is 9.90. The van der Waals surface area contributed by atoms with Gasteiger partial charge in [-0.1, -0.05) is 0 Å². The van der Waals surface area contributed by atoms with Gasteiger partial charge in [0.25, 0.3) is 0 Å². The molecule has 2 heterocycles. The Morgan fingerprint density at radius 3 is 2.02 bits per heavy atom. The van der Waals surface area contributed by atoms with E-state index < -0.39 is 90.9 Å². The highest BCUT2D eigenvalue weighted by Crippen LogP contribution is 2.51. The summed E-state index contributed by atoms with van der Waals surface area (Å²) in [5.74, 6) is -4.65. The lowest BCUT2D eigenvalue weighted by Gasteiger charge is -2.46. The average molecular weight is 571 g/mol. The Morgan fingerprint density at radius 1 is 0.875 bits per heavy atom. The summed E-state index contributed by atoms with van der Waals surface area (Å²) in [7, 11) is 0. The summed E-state index contributed by atoms with van der Waals surface area (Å²) in [6.07, 6.45) is -5.42. The first-order valence-corrected chi connectivity index (χ1v) is 12.7. The predicted octanol–water partition coefficient (Wildman–Crippen LogP) is 0.873. The first-order valence-electron chi connectivity index (χ1n) is 12.7. The van der Waals surface area contributed by atoms with Crippen LogP contribution in [0.5, 0.6) is 0 Å². The molecule has 0 aromatic carbocycles. The second-order valence-electron chi connectivity index (χ2n) is 10.0. The van der Waals surface area contributed by atoms with E-state index in [9.17, 15) is 28.8 Å². The molecule has 0 aromatic heterocycles. The van der Waals surface area contributed by atoms with Crippen LogP contribution >= 0.6 is 0 Å². The summed E-state index contributed by atoms with van der Waals surface area (Å²) in [6.45, 7) is 7.00. The lowest BCUT2D eigenvalue weighted by Crippen LogP contribution is -2.64. The van der Waals surface area contributed by atoms with Gasteiger partial charge in [0.05, 0.1) is 12.2 Å². The molecule has 0 amide bonds. The molecular weight excluding hydrogens is 536 g/mol. The number of ether oxygens (including phenoxy) is 8. The van der Waals surface area contributed by atoms with Gasteiger partial charge in [-0.05, 0) is 19.8 Å². The largest absolute Gasteiger partial charge is 0.472 e. The highest BCUT2D eigenvalue weighted by Gasteiger charge is 2.59. The molecule has 9 atom stereocenters. The van der Waals surface area contributed by atoms with Crippen LogP contribution in [0, 0.1) is 11.8 Å². The van der Waals surface area contributed by atoms with Gasteiger partial charge in [-0.25, -0.2) is 0 Å². The molecular formula is C26H34O14. The highest BCUT2D eigenvalue weighted by molar-refractivity contribution is 5.74. The van der Waals surface area contributed by atoms with Crippen LogP contribution in [0.15, 0.2) is 11.8 Å². The number of rotatable bonds is 9. The number of carbonyl (C=O) groups is 6. The van der Waals surface area contributed by atoms with E-state index >= 15 is 0 Å². The fraction of sp³-hybridized carbons (Fsp3) is 0.692. The van der Waals surface area contributed by atoms with Crippen molar-refractivity contribution in [3.63, 3.8) is 0 Å². The molecule has 0 radical (unpaired) electrons. The monoisotopic (exact) mass is 570 g/mol. The standard InChI is InChI=1S/C26H34O14/c1-12(28)33-11-19-21(35-13(2)29)22(36-14(3)30)23(37-15(4)31)25(38-19)39-24-20-18(17(9-27)10-34-24)7-8-26(20,6)40-16(5)32/h9-10,18-25H,7-8,11H2,1-6H3/t18-,19+,20-,21+,22-,23+,24+,25-,26+/m0/s1. The molecule has 14 heteroatoms. The lowest BCUT2D eigenvalue weighted by atomic mass is 9.81. The Labute approximate surface area is 230 Å². The van der Waals surface area contributed by atoms with Crippen LogP contribution in [0.25, 0.3) is 0 Å². The van der Waals surface area contributed by atoms with Crippen molar-refractivity contribution in [1.82, 2.24) is 0 Å². The van der Waals surface area contributed by atoms with E-state index in [0.29, 0.717) is 24.7 Å². The topological polar surface area (TPSA) is 176 Å². The molecule has 2 aliphatic heterocycles. The van der Waals surface area contributed by atoms with Crippen molar-refractivity contribution in [2.45, 2.75) is 97.0 Å². The highest BCUT2D eigenvalue weighted by atomic mass is 16.8. The van der Waals surface area contributed by atoms with Crippen molar-refractivity contribution >= 4 is 36.1 Å². The molecule has 40 heavy (non-hydrogen) atoms. The van der Waals surface area contributed by atoms with Gasteiger partial charge in [-0.2, -0.15) is 0 Å². The number of allylic oxidation sites excluding steroid dienone is 1. The van der Waals surface area contributed by atoms with Crippen molar-refractivity contribution in [1.29, 1.82) is 0 Å². The van der Waals surface area contributed by atoms with E-state index in [4.69, 9.17) is 37.9 Å². The quantitative estimate of drug-likeness (QED) is 0.217. The van der Waals surface area contributed by atoms with Crippen LogP contribution in [0.4, 0.5) is 0 Å². The van der Waals surface area contributed by atoms with Crippen molar-refractivity contribution in [3.8, 4) is 0 Å². The van der Waals surface area contributed by atoms with Crippen LogP contribution in [0.2, 0.25) is 0 Å². The Bertz CT molecular complexity index is 1050. The molecule has 222 valence electrons. The molecule has 0 bridgehead atoms. The van der Waals surface area contributed by atoms with E-state index in [1.807, 2.05) is 0 Å². The maximum atomic E-state index is 12.1. The van der Waals surface area contributed by atoms with Gasteiger partial charge >= 0.3 is 29.8 Å². The van der Waals surface area contributed by atoms with Crippen molar-refractivity contribution < 1.29 is 66.7 Å². The van der Waals surface area contributed by atoms with Gasteiger partial charge in [0.2, 0.25) is 12.6 Å². The molecule has 3 rings (SSSR count). The van der Waals surface area contributed by atoms with Gasteiger partial charge in [0, 0.05) is 46.1 Å². The first-order chi connectivity index (χ1) is 18.7. The number of hydrogen-bond acceptors (Lipinski definition) is 14. The minimum atomic E-state index is -1.51. The zero-order chi connectivity index (χ0) is 29.8. The molecule has 0 spiro atoms. The minimum absolute atomic E-state index is 0.349. The molecule has 1 saturated carbocycles. The van der Waals surface area contributed by atoms with Crippen molar-refractivity contribution in [2.24, 2.45) is 11.8 Å². The summed E-state index contributed by atoms with van der Waals surface area (Å²) < 4.78 is 44.9. The summed E-state index contributed by atoms with van der Waals surface area (Å²) in [6, 6.07) is 0. The smallest absolute Gasteiger partial charge is 0.303 e. The minimum Gasteiger partial charge on any atom is -0.472 e. The first kappa shape index (κ1) is 31.0. The summed E-state index contributed by atoms with van der Waals surface area (Å²) in [5.41, 5.74) is -0.746. The maximum Gasteiger partial charge on any atom is 0.303 e. The molecule has 1 aliphatic carbocycles. The third kappa shape index (κ3) is 7.16. The summed E-state index contributed by atoms with van der Waals surface area (Å²) in [4.78, 5) is 71.3. The normalized spacial score (nSPS) is 34.7. The van der Waals surface area contributed by atoms with Crippen LogP contribution in [0.3, 0.4) is 0 Å². The van der Waals surface area contributed by atoms with Crippen LogP contribution < -0.4 is 0 Å². The Morgan fingerprint density at radius 2 is 1.48 bits per heavy atom. The summed E-state index contributed by atoms with van der Waals surface area (Å²) >= 11 is 0. The van der Waals surface area contributed by atoms with Gasteiger partial charge in [-0.3, -0.25) is 28.8 Å². The van der Waals surface area contributed by atoms with Crippen LogP contribution in [-0.2, 0) is 66.7 Å². The number of fused-ring (bicyclic) bond motifs is 1. The SMILES string of the molecule is CC(=O)OC[C@H]1O[C@@H](O[C@H]2OC=C(C=O)[C@@H]3CC[C@@](C)(OC(C)=O)[C@H]23)[C@H](OC(C)=O)[C@@H](OC(C)=O)[C@@H]1OC(C)=O. The second kappa shape index (κ2) is 12.8. The number of aldehydes is 1. The lowest BCUT2D eigenvalue weighted by molar-refractivity contribution is -0.348. The number of carbonyl (C=O) groups excluding carboxylic acids is 6. The maximum absolute atomic E-state index is 12.1. The van der Waals surface area contributed by atoms with E-state index in [1.54, 1.807) is 6.92 Å². The second-order valence-corrected chi connectivity index (χ2v) is 10.0. The van der Waals surface area contributed by atoms with Crippen molar-refractivity contribution in [3.05, 3.63) is 11.8 Å². The van der Waals surface area contributed by atoms with Crippen LogP contribution in [-0.4, -0.2) is 85.3 Å². The van der Waals surface area contributed by atoms with E-state index in [2.05, 4.69) is 0 Å². The molecule has 3 aliphatic rings. The predicted molar refractivity (Wildman–Crippen MR) is 128 cm³/mol. The third-order valence-electron chi connectivity index (χ3n) is 6.88. The molecule has 0 unspecified atom stereocenters. The fourth-order valence-electron chi connectivity index (χ4n) is 5.49. The number of esters is 5. The third-order valence-corrected chi connectivity index (χ3v) is 6.88. The van der Waals surface area contributed by atoms with E-state index in [-0.39, 0.29) is 0 Å². The zero-order valence-corrected chi connectivity index (χ0v) is 23.1. The van der Waals surface area contributed by atoms with Gasteiger partial charge in [0.1, 0.15) is 24.6 Å². The van der Waals surface area contributed by atoms with Gasteiger partial charge < -0.3 is 37.9 Å². The van der Waals surface area contributed by atoms with Gasteiger partial charge in [-0.15, -0.1) is 0 Å². The fourth-order valence-corrected chi connectivity index (χ4v) is 5.49. The van der Waals surface area contributed by atoms with Crippen molar-refractivity contribution in [2.75, 3.05) is 6.61 Å². The average Bonchev–Trinajstić information content (AvgIpc) is 3.17. The van der Waals surface area contributed by atoms with Gasteiger partial charge in [0.15, 0.2) is 18.3 Å². The molecule has 14 nitrogen and oxygen atoms in total. The molecule has 0 aromatic rings. The number of hydrogen-bond donors (Lipinski definition) is 0. The summed E-state index contributed by atoms with van der Waals surface area (Å²) in [5, 5.41) is 0. The zero-order valence-electron chi connectivity index (χ0n) is 23.1.